The van der Waals surface area contributed by atoms with E-state index in [-0.39, 0.29) is 31.4 Å². The third-order valence-corrected chi connectivity index (χ3v) is 4.72. The molecule has 3 aromatic rings. The quantitative estimate of drug-likeness (QED) is 0.462. The maximum absolute atomic E-state index is 12.9. The fraction of sp³-hybridized carbons (Fsp3) is 0.125. The number of hydrogen-bond acceptors (Lipinski definition) is 4. The second-order valence-corrected chi connectivity index (χ2v) is 7.04. The number of urea groups is 1. The van der Waals surface area contributed by atoms with Crippen molar-refractivity contribution in [1.82, 2.24) is 5.32 Å². The molecule has 172 valence electrons. The van der Waals surface area contributed by atoms with Gasteiger partial charge in [-0.05, 0) is 42.5 Å². The number of amides is 4. The predicted octanol–water partition coefficient (Wildman–Crippen LogP) is 3.51. The van der Waals surface area contributed by atoms with Gasteiger partial charge >= 0.3 is 6.03 Å². The standard InChI is InChI=1S/C24H25N5O3.ClH/c1-28(20-11-4-2-5-12-20)23(31)17-29(21-13-6-3-7-14-21)22(30)16-26-24(32)27-19-10-8-9-18(25)15-19;/h2-15H,16-17,25H2,1H3,(H2,26,27,32);1H. The van der Waals surface area contributed by atoms with Crippen LogP contribution < -0.4 is 26.2 Å². The fourth-order valence-electron chi connectivity index (χ4n) is 3.01. The van der Waals surface area contributed by atoms with Crippen LogP contribution in [0.3, 0.4) is 0 Å². The van der Waals surface area contributed by atoms with E-state index in [0.717, 1.165) is 5.69 Å². The van der Waals surface area contributed by atoms with Crippen molar-refractivity contribution in [1.29, 1.82) is 0 Å². The lowest BCUT2D eigenvalue weighted by Crippen LogP contribution is -2.46. The van der Waals surface area contributed by atoms with Crippen LogP contribution in [0.2, 0.25) is 0 Å². The zero-order valence-electron chi connectivity index (χ0n) is 18.1. The summed E-state index contributed by atoms with van der Waals surface area (Å²) in [5, 5.41) is 5.15. The molecule has 9 heteroatoms. The van der Waals surface area contributed by atoms with Crippen LogP contribution in [-0.2, 0) is 9.59 Å². The predicted molar refractivity (Wildman–Crippen MR) is 134 cm³/mol. The van der Waals surface area contributed by atoms with Crippen LogP contribution in [0.4, 0.5) is 27.5 Å². The van der Waals surface area contributed by atoms with Gasteiger partial charge in [0.15, 0.2) is 0 Å². The number of carbonyl (C=O) groups excluding carboxylic acids is 3. The Bertz CT molecular complexity index is 1080. The van der Waals surface area contributed by atoms with Gasteiger partial charge in [-0.1, -0.05) is 42.5 Å². The molecular formula is C24H26ClN5O3. The Morgan fingerprint density at radius 2 is 1.42 bits per heavy atom. The van der Waals surface area contributed by atoms with Crippen molar-refractivity contribution in [2.75, 3.05) is 41.0 Å². The lowest BCUT2D eigenvalue weighted by molar-refractivity contribution is -0.121. The maximum Gasteiger partial charge on any atom is 0.319 e. The minimum atomic E-state index is -0.551. The van der Waals surface area contributed by atoms with Gasteiger partial charge in [0.25, 0.3) is 0 Å². The van der Waals surface area contributed by atoms with E-state index in [1.165, 1.54) is 9.80 Å². The highest BCUT2D eigenvalue weighted by Crippen LogP contribution is 2.16. The van der Waals surface area contributed by atoms with Crippen LogP contribution in [0.1, 0.15) is 0 Å². The number of benzene rings is 3. The van der Waals surface area contributed by atoms with E-state index in [9.17, 15) is 14.4 Å². The van der Waals surface area contributed by atoms with Gasteiger partial charge in [-0.2, -0.15) is 0 Å². The summed E-state index contributed by atoms with van der Waals surface area (Å²) >= 11 is 0. The molecule has 0 aromatic heterocycles. The van der Waals surface area contributed by atoms with Gasteiger partial charge in [0.2, 0.25) is 11.8 Å². The second kappa shape index (κ2) is 12.1. The molecule has 0 aliphatic heterocycles. The number of nitrogen functional groups attached to an aromatic ring is 1. The summed E-state index contributed by atoms with van der Waals surface area (Å²) in [6.07, 6.45) is 0. The van der Waals surface area contributed by atoms with Crippen LogP contribution in [0.5, 0.6) is 0 Å². The third-order valence-electron chi connectivity index (χ3n) is 4.72. The van der Waals surface area contributed by atoms with Gasteiger partial charge in [-0.25, -0.2) is 4.79 Å². The van der Waals surface area contributed by atoms with E-state index in [0.29, 0.717) is 17.1 Å². The van der Waals surface area contributed by atoms with Crippen molar-refractivity contribution in [3.05, 3.63) is 84.9 Å². The monoisotopic (exact) mass is 467 g/mol. The second-order valence-electron chi connectivity index (χ2n) is 7.04. The average molecular weight is 468 g/mol. The summed E-state index contributed by atoms with van der Waals surface area (Å²) in [6, 6.07) is 24.2. The molecule has 33 heavy (non-hydrogen) atoms. The van der Waals surface area contributed by atoms with Crippen molar-refractivity contribution < 1.29 is 14.4 Å². The van der Waals surface area contributed by atoms with Crippen molar-refractivity contribution >= 4 is 53.0 Å². The molecule has 0 fully saturated rings. The Balaban J connectivity index is 0.00000385. The van der Waals surface area contributed by atoms with Crippen LogP contribution >= 0.6 is 12.4 Å². The third kappa shape index (κ3) is 7.26. The number of likely N-dealkylation sites (N-methyl/N-ethyl adjacent to an activating group) is 1. The molecule has 0 aliphatic rings. The van der Waals surface area contributed by atoms with E-state index in [1.54, 1.807) is 55.6 Å². The summed E-state index contributed by atoms with van der Waals surface area (Å²) in [6.45, 7) is -0.460. The first-order valence-electron chi connectivity index (χ1n) is 10.0. The lowest BCUT2D eigenvalue weighted by Gasteiger charge is -2.25. The summed E-state index contributed by atoms with van der Waals surface area (Å²) < 4.78 is 0. The first-order valence-corrected chi connectivity index (χ1v) is 10.0. The topological polar surface area (TPSA) is 108 Å². The number of halogens is 1. The van der Waals surface area contributed by atoms with Gasteiger partial charge in [-0.3, -0.25) is 9.59 Å². The molecule has 3 aromatic carbocycles. The number of hydrogen-bond donors (Lipinski definition) is 3. The number of nitrogens with two attached hydrogens (primary N) is 1. The Morgan fingerprint density at radius 3 is 2.03 bits per heavy atom. The van der Waals surface area contributed by atoms with Gasteiger partial charge < -0.3 is 26.2 Å². The number of anilines is 4. The van der Waals surface area contributed by atoms with Gasteiger partial charge in [0.1, 0.15) is 6.54 Å². The molecule has 0 spiro atoms. The number of carbonyl (C=O) groups is 3. The molecule has 4 N–H and O–H groups in total. The van der Waals surface area contributed by atoms with Crippen molar-refractivity contribution in [3.63, 3.8) is 0 Å². The smallest absolute Gasteiger partial charge is 0.319 e. The van der Waals surface area contributed by atoms with E-state index in [4.69, 9.17) is 5.73 Å². The van der Waals surface area contributed by atoms with Crippen LogP contribution in [0.15, 0.2) is 84.9 Å². The van der Waals surface area contributed by atoms with Crippen molar-refractivity contribution in [2.45, 2.75) is 0 Å². The van der Waals surface area contributed by atoms with E-state index >= 15 is 0 Å². The van der Waals surface area contributed by atoms with Crippen LogP contribution in [-0.4, -0.2) is 38.0 Å². The highest BCUT2D eigenvalue weighted by molar-refractivity contribution is 6.05. The van der Waals surface area contributed by atoms with Gasteiger partial charge in [0.05, 0.1) is 6.54 Å². The molecule has 0 unspecified atom stereocenters. The van der Waals surface area contributed by atoms with Gasteiger partial charge in [0, 0.05) is 29.8 Å². The minimum Gasteiger partial charge on any atom is -0.399 e. The summed E-state index contributed by atoms with van der Waals surface area (Å²) in [7, 11) is 1.66. The molecule has 4 amide bonds. The molecule has 8 nitrogen and oxygen atoms in total. The average Bonchev–Trinajstić information content (AvgIpc) is 2.81. The fourth-order valence-corrected chi connectivity index (χ4v) is 3.01. The highest BCUT2D eigenvalue weighted by atomic mass is 35.5. The molecular weight excluding hydrogens is 442 g/mol. The molecule has 0 aliphatic carbocycles. The summed E-state index contributed by atoms with van der Waals surface area (Å²) in [5.74, 6) is -0.689. The molecule has 3 rings (SSSR count). The Labute approximate surface area is 198 Å². The first-order chi connectivity index (χ1) is 15.4. The molecule has 0 atom stereocenters. The van der Waals surface area contributed by atoms with Crippen LogP contribution in [0, 0.1) is 0 Å². The van der Waals surface area contributed by atoms with Gasteiger partial charge in [-0.15, -0.1) is 12.4 Å². The number of nitrogens with zero attached hydrogens (tertiary/aromatic N) is 2. The Kier molecular flexibility index (Phi) is 9.26. The van der Waals surface area contributed by atoms with Crippen molar-refractivity contribution in [3.8, 4) is 0 Å². The number of nitrogens with one attached hydrogen (secondary N) is 2. The van der Waals surface area contributed by atoms with E-state index in [1.807, 2.05) is 36.4 Å². The summed E-state index contributed by atoms with van der Waals surface area (Å²) in [4.78, 5) is 40.8. The minimum absolute atomic E-state index is 0. The Hall–Kier alpha value is -4.04. The molecule has 0 bridgehead atoms. The zero-order valence-corrected chi connectivity index (χ0v) is 18.9. The maximum atomic E-state index is 12.9. The highest BCUT2D eigenvalue weighted by Gasteiger charge is 2.22. The first kappa shape index (κ1) is 25.2. The molecule has 0 radical (unpaired) electrons. The summed E-state index contributed by atoms with van der Waals surface area (Å²) in [5.41, 5.74) is 8.00. The largest absolute Gasteiger partial charge is 0.399 e. The SMILES string of the molecule is CN(C(=O)CN(C(=O)CNC(=O)Nc1cccc(N)c1)c1ccccc1)c1ccccc1.Cl. The van der Waals surface area contributed by atoms with E-state index in [2.05, 4.69) is 10.6 Å². The Morgan fingerprint density at radius 1 is 0.818 bits per heavy atom. The van der Waals surface area contributed by atoms with Crippen molar-refractivity contribution in [2.24, 2.45) is 0 Å². The van der Waals surface area contributed by atoms with Crippen LogP contribution in [0.25, 0.3) is 0 Å². The van der Waals surface area contributed by atoms with E-state index < -0.39 is 11.9 Å². The number of rotatable bonds is 7. The zero-order chi connectivity index (χ0) is 22.9. The molecule has 0 saturated heterocycles. The lowest BCUT2D eigenvalue weighted by atomic mass is 10.2. The molecule has 0 heterocycles. The normalized spacial score (nSPS) is 9.85. The molecule has 0 saturated carbocycles. The number of para-hydroxylation sites is 2.